The van der Waals surface area contributed by atoms with Gasteiger partial charge in [-0.2, -0.15) is 0 Å². The van der Waals surface area contributed by atoms with Gasteiger partial charge in [-0.1, -0.05) is 17.7 Å². The molecule has 1 aromatic carbocycles. The highest BCUT2D eigenvalue weighted by Crippen LogP contribution is 2.29. The van der Waals surface area contributed by atoms with Crippen LogP contribution in [0.15, 0.2) is 12.1 Å². The highest BCUT2D eigenvalue weighted by molar-refractivity contribution is 6.34. The summed E-state index contributed by atoms with van der Waals surface area (Å²) in [5.74, 6) is -0.810. The van der Waals surface area contributed by atoms with E-state index in [1.165, 1.54) is 12.1 Å². The third-order valence-corrected chi connectivity index (χ3v) is 2.39. The SMILES string of the molecule is COC(=O)c1c([N+](=O)[O-])ccc(C)c1Cl. The van der Waals surface area contributed by atoms with Gasteiger partial charge in [0.05, 0.1) is 17.1 Å². The average Bonchev–Trinajstić information content (AvgIpc) is 2.20. The van der Waals surface area contributed by atoms with E-state index in [2.05, 4.69) is 4.74 Å². The van der Waals surface area contributed by atoms with Crippen LogP contribution in [0.4, 0.5) is 5.69 Å². The van der Waals surface area contributed by atoms with E-state index in [1.54, 1.807) is 6.92 Å². The summed E-state index contributed by atoms with van der Waals surface area (Å²) in [6.45, 7) is 1.65. The summed E-state index contributed by atoms with van der Waals surface area (Å²) in [6.07, 6.45) is 0. The topological polar surface area (TPSA) is 69.4 Å². The summed E-state index contributed by atoms with van der Waals surface area (Å²) in [6, 6.07) is 2.71. The van der Waals surface area contributed by atoms with Crippen LogP contribution < -0.4 is 0 Å². The van der Waals surface area contributed by atoms with Gasteiger partial charge < -0.3 is 4.74 Å². The summed E-state index contributed by atoms with van der Waals surface area (Å²) < 4.78 is 4.44. The van der Waals surface area contributed by atoms with Crippen LogP contribution in [-0.2, 0) is 4.74 Å². The van der Waals surface area contributed by atoms with Crippen molar-refractivity contribution in [3.05, 3.63) is 38.4 Å². The summed E-state index contributed by atoms with van der Waals surface area (Å²) in [4.78, 5) is 21.3. The third kappa shape index (κ3) is 2.07. The second kappa shape index (κ2) is 4.27. The third-order valence-electron chi connectivity index (χ3n) is 1.90. The first-order valence-electron chi connectivity index (χ1n) is 4.00. The molecule has 0 aliphatic rings. The molecule has 0 amide bonds. The zero-order valence-electron chi connectivity index (χ0n) is 8.11. The number of aryl methyl sites for hydroxylation is 1. The lowest BCUT2D eigenvalue weighted by Crippen LogP contribution is -2.07. The van der Waals surface area contributed by atoms with Crippen LogP contribution in [0.2, 0.25) is 5.02 Å². The fourth-order valence-electron chi connectivity index (χ4n) is 1.12. The number of halogens is 1. The Hall–Kier alpha value is -1.62. The van der Waals surface area contributed by atoms with Crippen molar-refractivity contribution in [2.75, 3.05) is 7.11 Å². The minimum absolute atomic E-state index is 0.0519. The Labute approximate surface area is 90.8 Å². The zero-order chi connectivity index (χ0) is 11.6. The number of nitrogens with zero attached hydrogens (tertiary/aromatic N) is 1. The highest BCUT2D eigenvalue weighted by atomic mass is 35.5. The molecule has 0 aliphatic carbocycles. The number of ether oxygens (including phenoxy) is 1. The number of carbonyl (C=O) groups excluding carboxylic acids is 1. The molecule has 1 aromatic rings. The predicted octanol–water partition coefficient (Wildman–Crippen LogP) is 2.34. The molecule has 80 valence electrons. The van der Waals surface area contributed by atoms with Crippen LogP contribution in [0.5, 0.6) is 0 Å². The van der Waals surface area contributed by atoms with Crippen molar-refractivity contribution in [1.29, 1.82) is 0 Å². The number of methoxy groups -OCH3 is 1. The van der Waals surface area contributed by atoms with Crippen molar-refractivity contribution in [3.63, 3.8) is 0 Å². The van der Waals surface area contributed by atoms with E-state index in [0.717, 1.165) is 7.11 Å². The van der Waals surface area contributed by atoms with Crippen molar-refractivity contribution in [2.24, 2.45) is 0 Å². The number of benzene rings is 1. The Balaban J connectivity index is 3.48. The predicted molar refractivity (Wildman–Crippen MR) is 54.2 cm³/mol. The quantitative estimate of drug-likeness (QED) is 0.443. The second-order valence-electron chi connectivity index (χ2n) is 2.84. The fourth-order valence-corrected chi connectivity index (χ4v) is 1.36. The number of hydrogen-bond acceptors (Lipinski definition) is 4. The largest absolute Gasteiger partial charge is 0.465 e. The smallest absolute Gasteiger partial charge is 0.346 e. The Morgan fingerprint density at radius 3 is 2.60 bits per heavy atom. The van der Waals surface area contributed by atoms with E-state index >= 15 is 0 Å². The van der Waals surface area contributed by atoms with Crippen molar-refractivity contribution in [2.45, 2.75) is 6.92 Å². The molecule has 0 saturated carbocycles. The minimum atomic E-state index is -0.810. The highest BCUT2D eigenvalue weighted by Gasteiger charge is 2.25. The molecule has 0 aromatic heterocycles. The van der Waals surface area contributed by atoms with Gasteiger partial charge in [-0.15, -0.1) is 0 Å². The van der Waals surface area contributed by atoms with Gasteiger partial charge in [-0.3, -0.25) is 10.1 Å². The molecule has 1 rings (SSSR count). The zero-order valence-corrected chi connectivity index (χ0v) is 8.87. The maximum atomic E-state index is 11.3. The summed E-state index contributed by atoms with van der Waals surface area (Å²) in [5, 5.41) is 10.7. The van der Waals surface area contributed by atoms with Crippen molar-refractivity contribution in [1.82, 2.24) is 0 Å². The molecule has 0 fully saturated rings. The molecule has 0 radical (unpaired) electrons. The number of nitro groups is 1. The maximum absolute atomic E-state index is 11.3. The van der Waals surface area contributed by atoms with Crippen LogP contribution in [0, 0.1) is 17.0 Å². The first kappa shape index (κ1) is 11.5. The summed E-state index contributed by atoms with van der Waals surface area (Å²) in [5.41, 5.74) is 0.0317. The molecule has 0 N–H and O–H groups in total. The Morgan fingerprint density at radius 1 is 1.53 bits per heavy atom. The molecule has 0 unspecified atom stereocenters. The molecule has 0 aliphatic heterocycles. The van der Waals surface area contributed by atoms with Gasteiger partial charge >= 0.3 is 5.97 Å². The van der Waals surface area contributed by atoms with Crippen LogP contribution in [0.1, 0.15) is 15.9 Å². The normalized spacial score (nSPS) is 9.80. The molecule has 15 heavy (non-hydrogen) atoms. The van der Waals surface area contributed by atoms with E-state index in [-0.39, 0.29) is 16.3 Å². The van der Waals surface area contributed by atoms with Crippen LogP contribution in [-0.4, -0.2) is 18.0 Å². The van der Waals surface area contributed by atoms with Crippen LogP contribution in [0.3, 0.4) is 0 Å². The molecule has 0 spiro atoms. The van der Waals surface area contributed by atoms with Crippen LogP contribution >= 0.6 is 11.6 Å². The van der Waals surface area contributed by atoms with E-state index in [0.29, 0.717) is 5.56 Å². The Morgan fingerprint density at radius 2 is 2.13 bits per heavy atom. The standard InChI is InChI=1S/C9H8ClNO4/c1-5-3-4-6(11(13)14)7(8(5)10)9(12)15-2/h3-4H,1-2H3. The monoisotopic (exact) mass is 229 g/mol. The lowest BCUT2D eigenvalue weighted by atomic mass is 10.1. The van der Waals surface area contributed by atoms with E-state index in [4.69, 9.17) is 11.6 Å². The minimum Gasteiger partial charge on any atom is -0.465 e. The number of hydrogen-bond donors (Lipinski definition) is 0. The molecule has 0 bridgehead atoms. The number of esters is 1. The molecule has 0 atom stereocenters. The van der Waals surface area contributed by atoms with E-state index in [1.807, 2.05) is 0 Å². The van der Waals surface area contributed by atoms with Gasteiger partial charge in [0.15, 0.2) is 5.56 Å². The average molecular weight is 230 g/mol. The molecule has 0 heterocycles. The molecule has 6 heteroatoms. The Kier molecular flexibility index (Phi) is 3.26. The molecule has 0 saturated heterocycles. The molecular formula is C9H8ClNO4. The van der Waals surface area contributed by atoms with Gasteiger partial charge in [0.1, 0.15) is 0 Å². The van der Waals surface area contributed by atoms with Gasteiger partial charge in [-0.25, -0.2) is 4.79 Å². The van der Waals surface area contributed by atoms with Crippen molar-refractivity contribution >= 4 is 23.3 Å². The summed E-state index contributed by atoms with van der Waals surface area (Å²) >= 11 is 5.81. The first-order valence-corrected chi connectivity index (χ1v) is 4.38. The number of rotatable bonds is 2. The van der Waals surface area contributed by atoms with Gasteiger partial charge in [0.25, 0.3) is 5.69 Å². The number of nitro benzene ring substituents is 1. The lowest BCUT2D eigenvalue weighted by molar-refractivity contribution is -0.385. The Bertz CT molecular complexity index is 430. The van der Waals surface area contributed by atoms with E-state index in [9.17, 15) is 14.9 Å². The van der Waals surface area contributed by atoms with Crippen LogP contribution in [0.25, 0.3) is 0 Å². The fraction of sp³-hybridized carbons (Fsp3) is 0.222. The summed E-state index contributed by atoms with van der Waals surface area (Å²) in [7, 11) is 1.14. The second-order valence-corrected chi connectivity index (χ2v) is 3.22. The van der Waals surface area contributed by atoms with Crippen molar-refractivity contribution in [3.8, 4) is 0 Å². The van der Waals surface area contributed by atoms with Crippen molar-refractivity contribution < 1.29 is 14.5 Å². The van der Waals surface area contributed by atoms with Gasteiger partial charge in [0, 0.05) is 6.07 Å². The molecule has 5 nitrogen and oxygen atoms in total. The van der Waals surface area contributed by atoms with E-state index < -0.39 is 10.9 Å². The maximum Gasteiger partial charge on any atom is 0.346 e. The first-order chi connectivity index (χ1) is 6.99. The van der Waals surface area contributed by atoms with Gasteiger partial charge in [0.2, 0.25) is 0 Å². The van der Waals surface area contributed by atoms with Gasteiger partial charge in [-0.05, 0) is 12.5 Å². The lowest BCUT2D eigenvalue weighted by Gasteiger charge is -2.05. The molecular weight excluding hydrogens is 222 g/mol. The number of carbonyl (C=O) groups is 1.